The van der Waals surface area contributed by atoms with Gasteiger partial charge in [-0.1, -0.05) is 0 Å². The van der Waals surface area contributed by atoms with E-state index in [4.69, 9.17) is 4.74 Å². The van der Waals surface area contributed by atoms with E-state index in [1.807, 2.05) is 25.8 Å². The number of alkyl halides is 3. The second kappa shape index (κ2) is 7.54. The molecular weight excluding hydrogens is 413 g/mol. The summed E-state index contributed by atoms with van der Waals surface area (Å²) in [6, 6.07) is 2.03. The van der Waals surface area contributed by atoms with E-state index in [-0.39, 0.29) is 29.8 Å². The second-order valence-corrected chi connectivity index (χ2v) is 7.92. The number of anilines is 3. The standard InChI is InChI=1S/C20H23F3N6O2/c1-10-16-17(28(3)11(2)18(30)29(16)4)27-19(25-10)26-12-7-14(8-12)31-13-5-6-24-15(9-13)20(21,22)23/h5-6,9,11-12,14H,7-8H2,1-4H3,(H,25,26,27)/t11-,12-,14-/m0/s1. The average Bonchev–Trinajstić information content (AvgIpc) is 2.68. The molecule has 0 radical (unpaired) electrons. The van der Waals surface area contributed by atoms with Crippen LogP contribution in [0.4, 0.5) is 30.6 Å². The molecule has 4 rings (SSSR count). The van der Waals surface area contributed by atoms with Gasteiger partial charge < -0.3 is 19.9 Å². The lowest BCUT2D eigenvalue weighted by Crippen LogP contribution is -2.50. The molecule has 0 saturated heterocycles. The summed E-state index contributed by atoms with van der Waals surface area (Å²) < 4.78 is 44.0. The van der Waals surface area contributed by atoms with E-state index in [1.165, 1.54) is 6.07 Å². The minimum atomic E-state index is -4.51. The Morgan fingerprint density at radius 2 is 1.94 bits per heavy atom. The van der Waals surface area contributed by atoms with Gasteiger partial charge in [0.05, 0.1) is 5.69 Å². The van der Waals surface area contributed by atoms with Crippen LogP contribution >= 0.6 is 0 Å². The third kappa shape index (κ3) is 3.96. The quantitative estimate of drug-likeness (QED) is 0.789. The lowest BCUT2D eigenvalue weighted by atomic mass is 9.89. The van der Waals surface area contributed by atoms with E-state index in [0.29, 0.717) is 36.0 Å². The third-order valence-corrected chi connectivity index (χ3v) is 5.73. The van der Waals surface area contributed by atoms with Crippen molar-refractivity contribution in [2.24, 2.45) is 0 Å². The van der Waals surface area contributed by atoms with E-state index < -0.39 is 11.9 Å². The molecule has 1 N–H and O–H groups in total. The summed E-state index contributed by atoms with van der Waals surface area (Å²) in [5.74, 6) is 1.25. The number of aryl methyl sites for hydroxylation is 1. The van der Waals surface area contributed by atoms with Gasteiger partial charge in [-0.05, 0) is 19.9 Å². The fraction of sp³-hybridized carbons (Fsp3) is 0.500. The van der Waals surface area contributed by atoms with Crippen LogP contribution in [0.1, 0.15) is 31.2 Å². The summed E-state index contributed by atoms with van der Waals surface area (Å²) in [5, 5.41) is 3.26. The molecule has 31 heavy (non-hydrogen) atoms. The first-order chi connectivity index (χ1) is 14.5. The molecule has 1 saturated carbocycles. The number of nitrogens with zero attached hydrogens (tertiary/aromatic N) is 5. The van der Waals surface area contributed by atoms with Crippen molar-refractivity contribution >= 4 is 23.4 Å². The molecule has 1 fully saturated rings. The van der Waals surface area contributed by atoms with Gasteiger partial charge in [-0.25, -0.2) is 4.98 Å². The third-order valence-electron chi connectivity index (χ3n) is 5.73. The summed E-state index contributed by atoms with van der Waals surface area (Å²) in [7, 11) is 3.53. The van der Waals surface area contributed by atoms with Crippen molar-refractivity contribution < 1.29 is 22.7 Å². The number of aromatic nitrogens is 3. The number of amides is 1. The molecular formula is C20H23F3N6O2. The van der Waals surface area contributed by atoms with Crippen molar-refractivity contribution in [3.8, 4) is 5.75 Å². The van der Waals surface area contributed by atoms with Crippen LogP contribution in [0, 0.1) is 6.92 Å². The van der Waals surface area contributed by atoms with Gasteiger partial charge >= 0.3 is 6.18 Å². The number of halogens is 3. The maximum absolute atomic E-state index is 12.8. The zero-order valence-electron chi connectivity index (χ0n) is 17.6. The van der Waals surface area contributed by atoms with Gasteiger partial charge in [0.25, 0.3) is 0 Å². The summed E-state index contributed by atoms with van der Waals surface area (Å²) in [4.78, 5) is 28.2. The molecule has 3 heterocycles. The minimum absolute atomic E-state index is 0.0221. The lowest BCUT2D eigenvalue weighted by molar-refractivity contribution is -0.141. The Morgan fingerprint density at radius 3 is 2.61 bits per heavy atom. The zero-order valence-corrected chi connectivity index (χ0v) is 17.6. The van der Waals surface area contributed by atoms with Crippen LogP contribution in [0.2, 0.25) is 0 Å². The van der Waals surface area contributed by atoms with E-state index in [2.05, 4.69) is 20.3 Å². The molecule has 0 spiro atoms. The molecule has 1 aliphatic carbocycles. The smallest absolute Gasteiger partial charge is 0.433 e. The summed E-state index contributed by atoms with van der Waals surface area (Å²) >= 11 is 0. The Balaban J connectivity index is 1.40. The van der Waals surface area contributed by atoms with Gasteiger partial charge in [0.1, 0.15) is 29.3 Å². The SMILES string of the molecule is Cc1nc(N[C@H]2C[C@H](Oc3ccnc(C(F)(F)F)c3)C2)nc2c1N(C)C(=O)[C@H](C)N2C. The van der Waals surface area contributed by atoms with Gasteiger partial charge in [0.2, 0.25) is 11.9 Å². The number of carbonyl (C=O) groups is 1. The van der Waals surface area contributed by atoms with Crippen molar-refractivity contribution in [2.45, 2.75) is 51.1 Å². The second-order valence-electron chi connectivity index (χ2n) is 7.92. The largest absolute Gasteiger partial charge is 0.490 e. The molecule has 1 amide bonds. The van der Waals surface area contributed by atoms with Crippen LogP contribution in [-0.4, -0.2) is 53.1 Å². The highest BCUT2D eigenvalue weighted by atomic mass is 19.4. The van der Waals surface area contributed by atoms with Crippen LogP contribution in [0.3, 0.4) is 0 Å². The Hall–Kier alpha value is -3.11. The first-order valence-corrected chi connectivity index (χ1v) is 9.90. The topological polar surface area (TPSA) is 83.5 Å². The van der Waals surface area contributed by atoms with Gasteiger partial charge in [0.15, 0.2) is 5.82 Å². The normalized spacial score (nSPS) is 23.3. The van der Waals surface area contributed by atoms with Crippen molar-refractivity contribution in [3.63, 3.8) is 0 Å². The monoisotopic (exact) mass is 436 g/mol. The molecule has 0 unspecified atom stereocenters. The molecule has 11 heteroatoms. The number of hydrogen-bond acceptors (Lipinski definition) is 7. The Labute approximate surface area is 177 Å². The van der Waals surface area contributed by atoms with E-state index >= 15 is 0 Å². The highest BCUT2D eigenvalue weighted by molar-refractivity contribution is 6.04. The average molecular weight is 436 g/mol. The molecule has 2 aliphatic rings. The molecule has 2 aromatic rings. The predicted molar refractivity (Wildman–Crippen MR) is 108 cm³/mol. The fourth-order valence-corrected chi connectivity index (χ4v) is 3.79. The van der Waals surface area contributed by atoms with Gasteiger partial charge in [-0.15, -0.1) is 0 Å². The van der Waals surface area contributed by atoms with E-state index in [0.717, 1.165) is 12.3 Å². The van der Waals surface area contributed by atoms with Gasteiger partial charge in [-0.3, -0.25) is 9.78 Å². The van der Waals surface area contributed by atoms with Crippen molar-refractivity contribution in [3.05, 3.63) is 29.7 Å². The Kier molecular flexibility index (Phi) is 5.14. The maximum atomic E-state index is 12.8. The number of likely N-dealkylation sites (N-methyl/N-ethyl adjacent to an activating group) is 2. The first-order valence-electron chi connectivity index (χ1n) is 9.90. The van der Waals surface area contributed by atoms with Crippen LogP contribution in [0.25, 0.3) is 0 Å². The minimum Gasteiger partial charge on any atom is -0.490 e. The number of fused-ring (bicyclic) bond motifs is 1. The van der Waals surface area contributed by atoms with E-state index in [1.54, 1.807) is 11.9 Å². The molecule has 1 aliphatic heterocycles. The number of ether oxygens (including phenoxy) is 1. The van der Waals surface area contributed by atoms with E-state index in [9.17, 15) is 18.0 Å². The van der Waals surface area contributed by atoms with Gasteiger partial charge in [-0.2, -0.15) is 18.2 Å². The Bertz CT molecular complexity index is 1010. The fourth-order valence-electron chi connectivity index (χ4n) is 3.79. The van der Waals surface area contributed by atoms with Gasteiger partial charge in [0, 0.05) is 45.2 Å². The van der Waals surface area contributed by atoms with Crippen LogP contribution < -0.4 is 19.9 Å². The molecule has 166 valence electrons. The zero-order chi connectivity index (χ0) is 22.5. The van der Waals surface area contributed by atoms with Crippen LogP contribution in [-0.2, 0) is 11.0 Å². The molecule has 0 bridgehead atoms. The number of rotatable bonds is 4. The molecule has 0 aromatic carbocycles. The number of carbonyl (C=O) groups excluding carboxylic acids is 1. The van der Waals surface area contributed by atoms with Crippen molar-refractivity contribution in [1.82, 2.24) is 15.0 Å². The summed E-state index contributed by atoms with van der Waals surface area (Å²) in [6.07, 6.45) is -2.41. The molecule has 1 atom stereocenters. The lowest BCUT2D eigenvalue weighted by Gasteiger charge is -2.38. The number of hydrogen-bond donors (Lipinski definition) is 1. The highest BCUT2D eigenvalue weighted by Gasteiger charge is 2.37. The number of pyridine rings is 1. The molecule has 2 aromatic heterocycles. The Morgan fingerprint density at radius 1 is 1.23 bits per heavy atom. The highest BCUT2D eigenvalue weighted by Crippen LogP contribution is 2.37. The number of nitrogens with one attached hydrogen (secondary N) is 1. The molecule has 8 nitrogen and oxygen atoms in total. The van der Waals surface area contributed by atoms with Crippen molar-refractivity contribution in [1.29, 1.82) is 0 Å². The summed E-state index contributed by atoms with van der Waals surface area (Å²) in [6.45, 7) is 3.65. The summed E-state index contributed by atoms with van der Waals surface area (Å²) in [5.41, 5.74) is 0.397. The van der Waals surface area contributed by atoms with Crippen LogP contribution in [0.5, 0.6) is 5.75 Å². The first kappa shape index (κ1) is 21.1. The predicted octanol–water partition coefficient (Wildman–Crippen LogP) is 3.02. The van der Waals surface area contributed by atoms with Crippen LogP contribution in [0.15, 0.2) is 18.3 Å². The van der Waals surface area contributed by atoms with Crippen molar-refractivity contribution in [2.75, 3.05) is 29.2 Å². The maximum Gasteiger partial charge on any atom is 0.433 e.